The number of nitrogens with two attached hydrogens (primary N) is 1. The molecule has 5 rings (SSSR count). The van der Waals surface area contributed by atoms with E-state index >= 15 is 4.39 Å². The molecule has 1 aliphatic rings. The number of primary amides is 1. The Bertz CT molecular complexity index is 1890. The van der Waals surface area contributed by atoms with Crippen molar-refractivity contribution in [2.75, 3.05) is 18.0 Å². The zero-order valence-corrected chi connectivity index (χ0v) is 25.9. The number of carbonyl (C=O) groups excluding carboxylic acids is 2. The topological polar surface area (TPSA) is 127 Å². The van der Waals surface area contributed by atoms with E-state index in [4.69, 9.17) is 22.3 Å². The first-order valence-corrected chi connectivity index (χ1v) is 14.6. The average Bonchev–Trinajstić information content (AvgIpc) is 2.97. The van der Waals surface area contributed by atoms with Crippen LogP contribution in [-0.4, -0.2) is 61.4 Å². The summed E-state index contributed by atoms with van der Waals surface area (Å²) >= 11 is 6.81. The maximum atomic E-state index is 15.4. The highest BCUT2D eigenvalue weighted by Crippen LogP contribution is 2.37. The number of anilines is 1. The van der Waals surface area contributed by atoms with Gasteiger partial charge < -0.3 is 15.5 Å². The van der Waals surface area contributed by atoms with Crippen LogP contribution in [0.15, 0.2) is 54.0 Å². The average molecular weight is 618 g/mol. The van der Waals surface area contributed by atoms with Gasteiger partial charge in [0, 0.05) is 31.4 Å². The Kier molecular flexibility index (Phi) is 8.26. The van der Waals surface area contributed by atoms with Crippen molar-refractivity contribution in [2.24, 2.45) is 5.73 Å². The first-order chi connectivity index (χ1) is 20.8. The largest absolute Gasteiger partial charge is 0.366 e. The van der Waals surface area contributed by atoms with E-state index in [-0.39, 0.29) is 51.4 Å². The fraction of sp³-hybridized carbons (Fsp3) is 0.312. The molecule has 0 aliphatic carbocycles. The quantitative estimate of drug-likeness (QED) is 0.309. The third kappa shape index (κ3) is 5.21. The molecule has 4 heterocycles. The molecule has 1 saturated heterocycles. The van der Waals surface area contributed by atoms with Crippen LogP contribution in [0.5, 0.6) is 0 Å². The number of halogens is 2. The van der Waals surface area contributed by atoms with Gasteiger partial charge in [0.15, 0.2) is 5.65 Å². The van der Waals surface area contributed by atoms with Gasteiger partial charge >= 0.3 is 5.69 Å². The summed E-state index contributed by atoms with van der Waals surface area (Å²) in [5.74, 6) is -1.53. The van der Waals surface area contributed by atoms with E-state index < -0.39 is 17.4 Å². The number of aryl methyl sites for hydroxylation is 1. The third-order valence-corrected chi connectivity index (χ3v) is 8.25. The lowest BCUT2D eigenvalue weighted by Crippen LogP contribution is -2.58. The Labute approximate surface area is 259 Å². The van der Waals surface area contributed by atoms with Crippen molar-refractivity contribution in [2.45, 2.75) is 52.6 Å². The van der Waals surface area contributed by atoms with Crippen molar-refractivity contribution in [3.8, 4) is 16.9 Å². The normalized spacial score (nSPS) is 16.9. The first kappa shape index (κ1) is 30.8. The van der Waals surface area contributed by atoms with Gasteiger partial charge in [-0.15, -0.1) is 0 Å². The van der Waals surface area contributed by atoms with Gasteiger partial charge in [-0.1, -0.05) is 38.1 Å². The predicted molar refractivity (Wildman–Crippen MR) is 169 cm³/mol. The number of benzene rings is 1. The molecule has 44 heavy (non-hydrogen) atoms. The Balaban J connectivity index is 1.87. The van der Waals surface area contributed by atoms with Gasteiger partial charge in [0.2, 0.25) is 11.8 Å². The number of piperazine rings is 1. The number of fused-ring (bicyclic) bond motifs is 1. The van der Waals surface area contributed by atoms with Gasteiger partial charge in [-0.25, -0.2) is 18.7 Å². The van der Waals surface area contributed by atoms with Crippen LogP contribution in [0, 0.1) is 12.7 Å². The van der Waals surface area contributed by atoms with Crippen LogP contribution in [0.4, 0.5) is 10.2 Å². The minimum atomic E-state index is -0.856. The molecule has 0 saturated carbocycles. The SMILES string of the molecule is C=CC(=O)N1CC(C)N(c2nc(=O)n(-c3c(C)ccnc3C(C)C)c3nc(-c4c(F)cccc4C(N)=O)c(Cl)cc23)CC1C. The second-order valence-corrected chi connectivity index (χ2v) is 11.7. The van der Waals surface area contributed by atoms with E-state index in [1.807, 2.05) is 39.5 Å². The van der Waals surface area contributed by atoms with Gasteiger partial charge in [0.25, 0.3) is 0 Å². The van der Waals surface area contributed by atoms with E-state index in [0.717, 1.165) is 5.56 Å². The molecular weight excluding hydrogens is 585 g/mol. The van der Waals surface area contributed by atoms with Crippen molar-refractivity contribution < 1.29 is 14.0 Å². The van der Waals surface area contributed by atoms with Crippen molar-refractivity contribution >= 4 is 40.3 Å². The smallest absolute Gasteiger partial charge is 0.355 e. The third-order valence-electron chi connectivity index (χ3n) is 7.96. The lowest BCUT2D eigenvalue weighted by molar-refractivity contribution is -0.128. The Morgan fingerprint density at radius 1 is 1.16 bits per heavy atom. The van der Waals surface area contributed by atoms with Crippen LogP contribution >= 0.6 is 11.6 Å². The summed E-state index contributed by atoms with van der Waals surface area (Å²) in [6.07, 6.45) is 2.95. The lowest BCUT2D eigenvalue weighted by atomic mass is 10.0. The molecule has 1 aliphatic heterocycles. The van der Waals surface area contributed by atoms with E-state index in [2.05, 4.69) is 16.5 Å². The summed E-state index contributed by atoms with van der Waals surface area (Å²) in [6.45, 7) is 14.0. The second-order valence-electron chi connectivity index (χ2n) is 11.3. The zero-order valence-electron chi connectivity index (χ0n) is 25.1. The molecule has 10 nitrogen and oxygen atoms in total. The molecule has 0 bridgehead atoms. The highest BCUT2D eigenvalue weighted by molar-refractivity contribution is 6.34. The number of pyridine rings is 2. The summed E-state index contributed by atoms with van der Waals surface area (Å²) in [6, 6.07) is 6.86. The molecule has 4 aromatic rings. The number of carbonyl (C=O) groups is 2. The van der Waals surface area contributed by atoms with Crippen molar-refractivity contribution in [3.63, 3.8) is 0 Å². The molecule has 1 fully saturated rings. The summed E-state index contributed by atoms with van der Waals surface area (Å²) < 4.78 is 16.7. The molecule has 228 valence electrons. The van der Waals surface area contributed by atoms with Crippen LogP contribution in [0.2, 0.25) is 5.02 Å². The maximum Gasteiger partial charge on any atom is 0.355 e. The standard InChI is InChI=1S/C32H33ClFN7O3/c1-7-24(42)39-14-19(6)40(15-18(39)5)30-21-13-22(33)27(25-20(29(35)43)9-8-10-23(25)34)37-31(21)41(32(44)38-30)28-17(4)11-12-36-26(28)16(2)3/h7-13,16,18-19H,1,14-15H2,2-6H3,(H2,35,43). The second kappa shape index (κ2) is 11.8. The highest BCUT2D eigenvalue weighted by Gasteiger charge is 2.34. The van der Waals surface area contributed by atoms with E-state index in [1.165, 1.54) is 28.8 Å². The van der Waals surface area contributed by atoms with Crippen molar-refractivity contribution in [1.29, 1.82) is 0 Å². The minimum absolute atomic E-state index is 0.0338. The van der Waals surface area contributed by atoms with Crippen LogP contribution in [-0.2, 0) is 4.79 Å². The van der Waals surface area contributed by atoms with Gasteiger partial charge in [-0.2, -0.15) is 4.98 Å². The van der Waals surface area contributed by atoms with E-state index in [0.29, 0.717) is 35.7 Å². The number of rotatable bonds is 6. The molecule has 12 heteroatoms. The molecule has 3 aromatic heterocycles. The molecule has 2 N–H and O–H groups in total. The molecule has 0 radical (unpaired) electrons. The van der Waals surface area contributed by atoms with Crippen LogP contribution in [0.1, 0.15) is 55.2 Å². The summed E-state index contributed by atoms with van der Waals surface area (Å²) in [5.41, 5.74) is 6.70. The number of nitrogens with zero attached hydrogens (tertiary/aromatic N) is 6. The Hall–Kier alpha value is -4.64. The van der Waals surface area contributed by atoms with Crippen LogP contribution in [0.25, 0.3) is 28.0 Å². The van der Waals surface area contributed by atoms with Gasteiger partial charge in [0.1, 0.15) is 11.6 Å². The molecule has 1 aromatic carbocycles. The summed E-state index contributed by atoms with van der Waals surface area (Å²) in [4.78, 5) is 56.5. The maximum absolute atomic E-state index is 15.4. The van der Waals surface area contributed by atoms with Gasteiger partial charge in [0.05, 0.1) is 38.6 Å². The van der Waals surface area contributed by atoms with Gasteiger partial charge in [-0.05, 0) is 62.6 Å². The number of hydrogen-bond donors (Lipinski definition) is 1. The Morgan fingerprint density at radius 2 is 1.89 bits per heavy atom. The Morgan fingerprint density at radius 3 is 2.55 bits per heavy atom. The number of amides is 2. The lowest BCUT2D eigenvalue weighted by Gasteiger charge is -2.44. The first-order valence-electron chi connectivity index (χ1n) is 14.2. The fourth-order valence-electron chi connectivity index (χ4n) is 5.80. The van der Waals surface area contributed by atoms with Gasteiger partial charge in [-0.3, -0.25) is 14.6 Å². The molecule has 2 atom stereocenters. The van der Waals surface area contributed by atoms with Crippen LogP contribution < -0.4 is 16.3 Å². The van der Waals surface area contributed by atoms with Crippen molar-refractivity contribution in [3.05, 3.63) is 87.3 Å². The van der Waals surface area contributed by atoms with E-state index in [9.17, 15) is 14.4 Å². The predicted octanol–water partition coefficient (Wildman–Crippen LogP) is 4.78. The highest BCUT2D eigenvalue weighted by atomic mass is 35.5. The van der Waals surface area contributed by atoms with Crippen molar-refractivity contribution in [1.82, 2.24) is 24.4 Å². The number of hydrogen-bond acceptors (Lipinski definition) is 7. The minimum Gasteiger partial charge on any atom is -0.366 e. The summed E-state index contributed by atoms with van der Waals surface area (Å²) in [7, 11) is 0. The fourth-order valence-corrected chi connectivity index (χ4v) is 6.05. The monoisotopic (exact) mass is 617 g/mol. The van der Waals surface area contributed by atoms with Crippen LogP contribution in [0.3, 0.4) is 0 Å². The molecule has 0 spiro atoms. The van der Waals surface area contributed by atoms with E-state index in [1.54, 1.807) is 23.2 Å². The zero-order chi connectivity index (χ0) is 32.0. The molecular formula is C32H33ClFN7O3. The molecule has 2 amide bonds. The summed E-state index contributed by atoms with van der Waals surface area (Å²) in [5, 5.41) is 0.460. The number of aromatic nitrogens is 4. The molecule has 2 unspecified atom stereocenters.